The Balaban J connectivity index is 1.79. The number of aliphatic hydroxyl groups excluding tert-OH is 1. The first-order valence-corrected chi connectivity index (χ1v) is 10.1. The molecule has 2 aromatic rings. The van der Waals surface area contributed by atoms with Crippen molar-refractivity contribution in [3.05, 3.63) is 58.7 Å². The summed E-state index contributed by atoms with van der Waals surface area (Å²) in [5.74, 6) is 0.483. The number of ether oxygens (including phenoxy) is 2. The third kappa shape index (κ3) is 4.83. The fourth-order valence-electron chi connectivity index (χ4n) is 3.60. The Morgan fingerprint density at radius 3 is 2.79 bits per heavy atom. The molecule has 1 heterocycles. The molecule has 153 valence electrons. The monoisotopic (exact) mass is 434 g/mol. The fourth-order valence-corrected chi connectivity index (χ4v) is 3.76. The third-order valence-corrected chi connectivity index (χ3v) is 5.49. The van der Waals surface area contributed by atoms with Gasteiger partial charge in [-0.3, -0.25) is 0 Å². The van der Waals surface area contributed by atoms with Crippen LogP contribution in [0.15, 0.2) is 40.6 Å². The molecule has 7 heteroatoms. The molecule has 1 aliphatic carbocycles. The van der Waals surface area contributed by atoms with Crippen LogP contribution in [0, 0.1) is 6.92 Å². The van der Waals surface area contributed by atoms with Gasteiger partial charge in [-0.25, -0.2) is 0 Å². The van der Waals surface area contributed by atoms with E-state index in [-0.39, 0.29) is 27.2 Å². The molecule has 0 unspecified atom stereocenters. The molecule has 0 aliphatic heterocycles. The Kier molecular flexibility index (Phi) is 6.37. The molecule has 0 spiro atoms. The van der Waals surface area contributed by atoms with E-state index >= 15 is 0 Å². The van der Waals surface area contributed by atoms with Crippen LogP contribution < -0.4 is 10.1 Å². The van der Waals surface area contributed by atoms with Gasteiger partial charge in [0.25, 0.3) is 0 Å². The summed E-state index contributed by atoms with van der Waals surface area (Å²) < 4.78 is 16.2. The number of nitrogens with one attached hydrogen (secondary N) is 1. The van der Waals surface area contributed by atoms with Gasteiger partial charge >= 0.3 is 146 Å². The third-order valence-electron chi connectivity index (χ3n) is 5.12. The minimum absolute atomic E-state index is 0.0618. The van der Waals surface area contributed by atoms with E-state index in [4.69, 9.17) is 13.9 Å². The Labute approximate surface area is 179 Å². The van der Waals surface area contributed by atoms with E-state index in [1.54, 1.807) is 6.07 Å². The van der Waals surface area contributed by atoms with Crippen molar-refractivity contribution >= 4 is 10.3 Å². The first-order valence-electron chi connectivity index (χ1n) is 9.42. The van der Waals surface area contributed by atoms with Crippen LogP contribution in [0.3, 0.4) is 0 Å². The van der Waals surface area contributed by atoms with Gasteiger partial charge in [-0.2, -0.15) is 0 Å². The maximum absolute atomic E-state index is 12.4. The Hall–Kier alpha value is -2.28. The van der Waals surface area contributed by atoms with Crippen molar-refractivity contribution in [2.24, 2.45) is 0 Å². The number of fused-ring (bicyclic) bond motifs is 1. The molecule has 1 aliphatic rings. The summed E-state index contributed by atoms with van der Waals surface area (Å²) in [4.78, 5) is 12.4. The zero-order chi connectivity index (χ0) is 21.2. The number of hydrogen-bond acceptors (Lipinski definition) is 5. The van der Waals surface area contributed by atoms with Crippen molar-refractivity contribution in [1.29, 1.82) is 0 Å². The normalized spacial score (nSPS) is 15.4. The van der Waals surface area contributed by atoms with Crippen molar-refractivity contribution in [3.8, 4) is 11.7 Å². The number of amides is 1. The topological polar surface area (TPSA) is 80.9 Å². The molecule has 1 aromatic heterocycles. The quantitative estimate of drug-likeness (QED) is 0.664. The van der Waals surface area contributed by atoms with Crippen molar-refractivity contribution < 1.29 is 40.8 Å². The molecule has 0 saturated carbocycles. The van der Waals surface area contributed by atoms with Crippen LogP contribution in [0.1, 0.15) is 53.9 Å². The van der Waals surface area contributed by atoms with Crippen molar-refractivity contribution in [2.75, 3.05) is 7.11 Å². The van der Waals surface area contributed by atoms with Crippen LogP contribution in [-0.4, -0.2) is 22.5 Å². The summed E-state index contributed by atoms with van der Waals surface area (Å²) in [6, 6.07) is 7.40. The maximum atomic E-state index is 12.4. The summed E-state index contributed by atoms with van der Waals surface area (Å²) in [6.45, 7) is 6.51. The van der Waals surface area contributed by atoms with E-state index in [9.17, 15) is 9.90 Å². The molecule has 0 saturated heterocycles. The zero-order valence-corrected chi connectivity index (χ0v) is 18.4. The van der Waals surface area contributed by atoms with Gasteiger partial charge in [-0.05, 0) is 19.3 Å². The predicted octanol–water partition coefficient (Wildman–Crippen LogP) is 4.26. The molecule has 0 radical (unpaired) electrons. The van der Waals surface area contributed by atoms with Crippen LogP contribution in [0.5, 0.6) is 11.7 Å². The molecular weight excluding hydrogens is 409 g/mol. The van der Waals surface area contributed by atoms with Crippen LogP contribution in [0.2, 0.25) is 0 Å². The number of aryl methyl sites for hydroxylation is 2. The number of furan rings is 1. The standard InChI is InChI=1S/C22H25NO5.V/c1-14-10-15-6-5-9-22(2,3)17(15)11-19(14)28-20-8-7-18(27-20)21(25)23-16(12-24)13-26-4;/h7-8,10-11,13,24H,5-6,9H2,1-4H3,(H,23,25);. The first kappa shape index (κ1) is 21.4. The number of hydrogen-bond donors (Lipinski definition) is 2. The average Bonchev–Trinajstić information content (AvgIpc) is 3.11. The molecular formula is C22H25NO5V. The van der Waals surface area contributed by atoms with Crippen LogP contribution in [-0.2, 0) is 33.6 Å². The first-order chi connectivity index (χ1) is 13.7. The summed E-state index contributed by atoms with van der Waals surface area (Å²) in [6.07, 6.45) is 4.65. The average molecular weight is 434 g/mol. The fraction of sp³-hybridized carbons (Fsp3) is 0.364. The van der Waals surface area contributed by atoms with E-state index in [0.717, 1.165) is 24.2 Å². The molecule has 0 fully saturated rings. The number of rotatable bonds is 6. The van der Waals surface area contributed by atoms with Crippen LogP contribution in [0.25, 0.3) is 0 Å². The minimum atomic E-state index is -0.524. The Morgan fingerprint density at radius 1 is 1.34 bits per heavy atom. The van der Waals surface area contributed by atoms with Crippen molar-refractivity contribution in [1.82, 2.24) is 5.32 Å². The van der Waals surface area contributed by atoms with Gasteiger partial charge in [0.15, 0.2) is 0 Å². The second-order valence-corrected chi connectivity index (χ2v) is 8.44. The van der Waals surface area contributed by atoms with Gasteiger partial charge in [0, 0.05) is 0 Å². The second kappa shape index (κ2) is 8.61. The van der Waals surface area contributed by atoms with E-state index in [2.05, 4.69) is 31.3 Å². The van der Waals surface area contributed by atoms with Crippen molar-refractivity contribution in [3.63, 3.8) is 0 Å². The van der Waals surface area contributed by atoms with Crippen molar-refractivity contribution in [2.45, 2.75) is 45.4 Å². The van der Waals surface area contributed by atoms with E-state index in [1.165, 1.54) is 37.0 Å². The Bertz CT molecular complexity index is 974. The number of carbonyl (C=O) groups is 1. The summed E-state index contributed by atoms with van der Waals surface area (Å²) >= 11 is 1.93. The molecule has 0 bridgehead atoms. The molecule has 29 heavy (non-hydrogen) atoms. The van der Waals surface area contributed by atoms with E-state index in [1.807, 2.05) is 23.9 Å². The number of carbonyl (C=O) groups excluding carboxylic acids is 1. The molecule has 3 rings (SSSR count). The second-order valence-electron chi connectivity index (χ2n) is 7.78. The predicted molar refractivity (Wildman–Crippen MR) is 105 cm³/mol. The zero-order valence-electron chi connectivity index (χ0n) is 17.0. The molecule has 1 amide bonds. The summed E-state index contributed by atoms with van der Waals surface area (Å²) in [5, 5.41) is 12.1. The van der Waals surface area contributed by atoms with Crippen LogP contribution >= 0.6 is 0 Å². The van der Waals surface area contributed by atoms with Crippen LogP contribution in [0.4, 0.5) is 0 Å². The van der Waals surface area contributed by atoms with Gasteiger partial charge in [-0.1, -0.05) is 13.8 Å². The van der Waals surface area contributed by atoms with Gasteiger partial charge in [0.1, 0.15) is 0 Å². The van der Waals surface area contributed by atoms with E-state index in [0.29, 0.717) is 0 Å². The number of benzene rings is 1. The van der Waals surface area contributed by atoms with Gasteiger partial charge in [-0.15, -0.1) is 0 Å². The van der Waals surface area contributed by atoms with Gasteiger partial charge < -0.3 is 0 Å². The van der Waals surface area contributed by atoms with E-state index < -0.39 is 5.91 Å². The number of methoxy groups -OCH3 is 1. The molecule has 2 N–H and O–H groups in total. The number of aliphatic hydroxyl groups is 1. The van der Waals surface area contributed by atoms with Gasteiger partial charge in [0.05, 0.1) is 0 Å². The summed E-state index contributed by atoms with van der Waals surface area (Å²) in [5.41, 5.74) is 3.93. The molecule has 1 aromatic carbocycles. The summed E-state index contributed by atoms with van der Waals surface area (Å²) in [7, 11) is 1.42. The SMILES string of the molecule is COC=C(NC(=O)c1ccc(Oc2cc3c(cc2C)CCCC3(C)C)o1)[C](O)=[V]. The molecule has 6 nitrogen and oxygen atoms in total. The van der Waals surface area contributed by atoms with Gasteiger partial charge in [0.2, 0.25) is 0 Å². The Morgan fingerprint density at radius 2 is 2.10 bits per heavy atom. The molecule has 0 atom stereocenters.